The van der Waals surface area contributed by atoms with E-state index in [1.807, 2.05) is 24.3 Å². The Morgan fingerprint density at radius 3 is 2.59 bits per heavy atom. The van der Waals surface area contributed by atoms with Gasteiger partial charge in [-0.15, -0.1) is 0 Å². The molecule has 2 aromatic carbocycles. The standard InChI is InChI=1S/C22H27N5/c1-3-24-22(25-15-19-8-6-18(14-23)7-9-19)26-20-12-13-27(16-20)21-10-4-17(2)5-11-21/h4-11,20H,3,12-13,15-16H2,1-2H3,(H2,24,25,26). The highest BCUT2D eigenvalue weighted by Crippen LogP contribution is 2.20. The van der Waals surface area contributed by atoms with E-state index >= 15 is 0 Å². The van der Waals surface area contributed by atoms with Gasteiger partial charge in [0.1, 0.15) is 0 Å². The average molecular weight is 361 g/mol. The van der Waals surface area contributed by atoms with Gasteiger partial charge < -0.3 is 15.5 Å². The lowest BCUT2D eigenvalue weighted by Gasteiger charge is -2.20. The Morgan fingerprint density at radius 2 is 1.93 bits per heavy atom. The molecule has 1 fully saturated rings. The molecule has 1 heterocycles. The van der Waals surface area contributed by atoms with Gasteiger partial charge in [0, 0.05) is 31.4 Å². The van der Waals surface area contributed by atoms with E-state index in [0.29, 0.717) is 18.2 Å². The average Bonchev–Trinajstić information content (AvgIpc) is 3.16. The van der Waals surface area contributed by atoms with Crippen LogP contribution in [0.4, 0.5) is 5.69 Å². The fourth-order valence-electron chi connectivity index (χ4n) is 3.24. The Kier molecular flexibility index (Phi) is 6.32. The monoisotopic (exact) mass is 361 g/mol. The first kappa shape index (κ1) is 18.8. The van der Waals surface area contributed by atoms with Gasteiger partial charge in [-0.2, -0.15) is 5.26 Å². The highest BCUT2D eigenvalue weighted by atomic mass is 15.2. The van der Waals surface area contributed by atoms with Gasteiger partial charge in [0.25, 0.3) is 0 Å². The van der Waals surface area contributed by atoms with Crippen LogP contribution in [0, 0.1) is 18.3 Å². The van der Waals surface area contributed by atoms with Crippen LogP contribution in [-0.4, -0.2) is 31.6 Å². The van der Waals surface area contributed by atoms with E-state index < -0.39 is 0 Å². The van der Waals surface area contributed by atoms with Crippen molar-refractivity contribution in [2.45, 2.75) is 32.9 Å². The smallest absolute Gasteiger partial charge is 0.191 e. The fraction of sp³-hybridized carbons (Fsp3) is 0.364. The first-order valence-corrected chi connectivity index (χ1v) is 9.53. The van der Waals surface area contributed by atoms with Gasteiger partial charge in [0.2, 0.25) is 0 Å². The number of hydrogen-bond donors (Lipinski definition) is 2. The molecule has 27 heavy (non-hydrogen) atoms. The van der Waals surface area contributed by atoms with E-state index in [1.54, 1.807) is 0 Å². The van der Waals surface area contributed by atoms with Crippen LogP contribution in [-0.2, 0) is 6.54 Å². The number of anilines is 1. The zero-order valence-electron chi connectivity index (χ0n) is 16.1. The summed E-state index contributed by atoms with van der Waals surface area (Å²) in [5, 5.41) is 15.8. The fourth-order valence-corrected chi connectivity index (χ4v) is 3.24. The van der Waals surface area contributed by atoms with Crippen LogP contribution >= 0.6 is 0 Å². The predicted molar refractivity (Wildman–Crippen MR) is 111 cm³/mol. The van der Waals surface area contributed by atoms with Gasteiger partial charge in [-0.05, 0) is 50.1 Å². The first-order valence-electron chi connectivity index (χ1n) is 9.53. The SMILES string of the molecule is CCNC(=NCc1ccc(C#N)cc1)NC1CCN(c2ccc(C)cc2)C1. The molecule has 0 radical (unpaired) electrons. The van der Waals surface area contributed by atoms with Gasteiger partial charge in [-0.3, -0.25) is 0 Å². The maximum absolute atomic E-state index is 8.89. The highest BCUT2D eigenvalue weighted by molar-refractivity contribution is 5.80. The van der Waals surface area contributed by atoms with Crippen LogP contribution in [0.1, 0.15) is 30.0 Å². The van der Waals surface area contributed by atoms with Gasteiger partial charge in [-0.25, -0.2) is 4.99 Å². The molecular formula is C22H27N5. The topological polar surface area (TPSA) is 63.5 Å². The number of nitriles is 1. The summed E-state index contributed by atoms with van der Waals surface area (Å²) in [6.45, 7) is 7.64. The summed E-state index contributed by atoms with van der Waals surface area (Å²) in [5.74, 6) is 0.845. The quantitative estimate of drug-likeness (QED) is 0.634. The van der Waals surface area contributed by atoms with E-state index in [1.165, 1.54) is 11.3 Å². The number of nitrogens with zero attached hydrogens (tertiary/aromatic N) is 3. The Morgan fingerprint density at radius 1 is 1.19 bits per heavy atom. The summed E-state index contributed by atoms with van der Waals surface area (Å²) in [4.78, 5) is 7.12. The molecule has 0 aliphatic carbocycles. The van der Waals surface area contributed by atoms with Crippen molar-refractivity contribution < 1.29 is 0 Å². The molecule has 2 N–H and O–H groups in total. The third-order valence-electron chi connectivity index (χ3n) is 4.78. The summed E-state index contributed by atoms with van der Waals surface area (Å²) in [5.41, 5.74) is 4.34. The van der Waals surface area contributed by atoms with Crippen molar-refractivity contribution in [3.63, 3.8) is 0 Å². The zero-order chi connectivity index (χ0) is 19.1. The summed E-state index contributed by atoms with van der Waals surface area (Å²) in [6.07, 6.45) is 1.09. The lowest BCUT2D eigenvalue weighted by Crippen LogP contribution is -2.44. The van der Waals surface area contributed by atoms with Crippen LogP contribution in [0.5, 0.6) is 0 Å². The Balaban J connectivity index is 1.58. The molecule has 0 bridgehead atoms. The largest absolute Gasteiger partial charge is 0.369 e. The number of rotatable bonds is 5. The third-order valence-corrected chi connectivity index (χ3v) is 4.78. The van der Waals surface area contributed by atoms with Crippen molar-refractivity contribution in [2.75, 3.05) is 24.5 Å². The minimum absolute atomic E-state index is 0.380. The number of hydrogen-bond acceptors (Lipinski definition) is 3. The van der Waals surface area contributed by atoms with E-state index in [4.69, 9.17) is 10.3 Å². The molecule has 1 unspecified atom stereocenters. The van der Waals surface area contributed by atoms with Gasteiger partial charge in [0.15, 0.2) is 5.96 Å². The van der Waals surface area contributed by atoms with E-state index in [-0.39, 0.29) is 0 Å². The van der Waals surface area contributed by atoms with Gasteiger partial charge in [-0.1, -0.05) is 29.8 Å². The summed E-state index contributed by atoms with van der Waals surface area (Å²) < 4.78 is 0. The van der Waals surface area contributed by atoms with Crippen LogP contribution < -0.4 is 15.5 Å². The Hall–Kier alpha value is -3.00. The second-order valence-corrected chi connectivity index (χ2v) is 6.92. The normalized spacial score (nSPS) is 16.9. The molecular weight excluding hydrogens is 334 g/mol. The molecule has 5 heteroatoms. The van der Waals surface area contributed by atoms with Crippen molar-refractivity contribution in [3.8, 4) is 6.07 Å². The van der Waals surface area contributed by atoms with Crippen molar-refractivity contribution >= 4 is 11.6 Å². The second-order valence-electron chi connectivity index (χ2n) is 6.92. The molecule has 1 aliphatic rings. The summed E-state index contributed by atoms with van der Waals surface area (Å²) in [6, 6.07) is 18.8. The van der Waals surface area contributed by atoms with Crippen molar-refractivity contribution in [1.82, 2.24) is 10.6 Å². The molecule has 1 atom stereocenters. The number of benzene rings is 2. The predicted octanol–water partition coefficient (Wildman–Crippen LogP) is 3.20. The minimum atomic E-state index is 0.380. The van der Waals surface area contributed by atoms with Crippen molar-refractivity contribution in [1.29, 1.82) is 5.26 Å². The zero-order valence-corrected chi connectivity index (χ0v) is 16.1. The minimum Gasteiger partial charge on any atom is -0.369 e. The van der Waals surface area contributed by atoms with E-state index in [9.17, 15) is 0 Å². The molecule has 0 amide bonds. The molecule has 1 saturated heterocycles. The molecule has 0 spiro atoms. The maximum Gasteiger partial charge on any atom is 0.191 e. The van der Waals surface area contributed by atoms with Gasteiger partial charge in [0.05, 0.1) is 18.2 Å². The highest BCUT2D eigenvalue weighted by Gasteiger charge is 2.23. The maximum atomic E-state index is 8.89. The first-order chi connectivity index (χ1) is 13.2. The number of aryl methyl sites for hydroxylation is 1. The molecule has 5 nitrogen and oxygen atoms in total. The third kappa shape index (κ3) is 5.24. The van der Waals surface area contributed by atoms with Crippen LogP contribution in [0.15, 0.2) is 53.5 Å². The molecule has 2 aromatic rings. The Bertz CT molecular complexity index is 802. The lowest BCUT2D eigenvalue weighted by atomic mass is 10.1. The molecule has 0 aromatic heterocycles. The van der Waals surface area contributed by atoms with E-state index in [0.717, 1.165) is 37.6 Å². The van der Waals surface area contributed by atoms with Crippen LogP contribution in [0.3, 0.4) is 0 Å². The molecule has 0 saturated carbocycles. The van der Waals surface area contributed by atoms with Crippen LogP contribution in [0.25, 0.3) is 0 Å². The number of aliphatic imine (C=N–C) groups is 1. The number of guanidine groups is 1. The van der Waals surface area contributed by atoms with Crippen LogP contribution in [0.2, 0.25) is 0 Å². The number of nitrogens with one attached hydrogen (secondary N) is 2. The van der Waals surface area contributed by atoms with E-state index in [2.05, 4.69) is 59.7 Å². The van der Waals surface area contributed by atoms with Gasteiger partial charge >= 0.3 is 0 Å². The van der Waals surface area contributed by atoms with Crippen molar-refractivity contribution in [2.24, 2.45) is 4.99 Å². The van der Waals surface area contributed by atoms with Crippen molar-refractivity contribution in [3.05, 3.63) is 65.2 Å². The summed E-state index contributed by atoms with van der Waals surface area (Å²) >= 11 is 0. The molecule has 3 rings (SSSR count). The Labute approximate surface area is 161 Å². The molecule has 1 aliphatic heterocycles. The molecule has 140 valence electrons. The second kappa shape index (κ2) is 9.09. The summed E-state index contributed by atoms with van der Waals surface area (Å²) in [7, 11) is 0. The lowest BCUT2D eigenvalue weighted by molar-refractivity contribution is 0.649.